The summed E-state index contributed by atoms with van der Waals surface area (Å²) in [5, 5.41) is 0. The number of carbonyl (C=O) groups is 1. The maximum atomic E-state index is 13.4. The molecule has 2 aromatic rings. The van der Waals surface area contributed by atoms with E-state index in [0.717, 1.165) is 5.56 Å². The Bertz CT molecular complexity index is 777. The highest BCUT2D eigenvalue weighted by molar-refractivity contribution is 5.65. The Kier molecular flexibility index (Phi) is 7.40. The van der Waals surface area contributed by atoms with Crippen molar-refractivity contribution in [1.82, 2.24) is 0 Å². The summed E-state index contributed by atoms with van der Waals surface area (Å²) < 4.78 is 47.5. The Morgan fingerprint density at radius 3 is 2.41 bits per heavy atom. The van der Waals surface area contributed by atoms with E-state index in [-0.39, 0.29) is 23.7 Å². The van der Waals surface area contributed by atoms with E-state index in [4.69, 9.17) is 14.2 Å². The van der Waals surface area contributed by atoms with Crippen LogP contribution in [0, 0.1) is 0 Å². The van der Waals surface area contributed by atoms with Gasteiger partial charge in [-0.15, -0.1) is 0 Å². The van der Waals surface area contributed by atoms with Crippen LogP contribution in [-0.4, -0.2) is 19.9 Å². The molecule has 2 rings (SSSR count). The molecule has 0 spiro atoms. The van der Waals surface area contributed by atoms with Crippen molar-refractivity contribution in [3.8, 4) is 17.2 Å². The van der Waals surface area contributed by atoms with Crippen LogP contribution in [-0.2, 0) is 17.8 Å². The molecular formula is C20H22F2O5. The molecule has 2 aromatic carbocycles. The average Bonchev–Trinajstić information content (AvgIpc) is 2.67. The fraction of sp³-hybridized carbons (Fsp3) is 0.350. The van der Waals surface area contributed by atoms with Crippen LogP contribution in [0.2, 0.25) is 0 Å². The van der Waals surface area contributed by atoms with Gasteiger partial charge < -0.3 is 18.9 Å². The van der Waals surface area contributed by atoms with Crippen LogP contribution >= 0.6 is 0 Å². The highest BCUT2D eigenvalue weighted by Gasteiger charge is 2.18. The van der Waals surface area contributed by atoms with Gasteiger partial charge in [0.2, 0.25) is 0 Å². The van der Waals surface area contributed by atoms with E-state index in [2.05, 4.69) is 4.74 Å². The zero-order valence-corrected chi connectivity index (χ0v) is 15.5. The van der Waals surface area contributed by atoms with E-state index in [1.54, 1.807) is 31.2 Å². The number of hydrogen-bond acceptors (Lipinski definition) is 5. The molecule has 5 nitrogen and oxygen atoms in total. The number of benzene rings is 2. The summed E-state index contributed by atoms with van der Waals surface area (Å²) in [4.78, 5) is 11.5. The van der Waals surface area contributed by atoms with Gasteiger partial charge in [0, 0.05) is 0 Å². The fourth-order valence-corrected chi connectivity index (χ4v) is 2.48. The lowest BCUT2D eigenvalue weighted by atomic mass is 10.1. The second-order valence-corrected chi connectivity index (χ2v) is 5.54. The number of carbonyl (C=O) groups excluding carboxylic acids is 1. The van der Waals surface area contributed by atoms with Crippen LogP contribution in [0.1, 0.15) is 37.0 Å². The predicted molar refractivity (Wildman–Crippen MR) is 95.8 cm³/mol. The maximum absolute atomic E-state index is 13.4. The first-order chi connectivity index (χ1) is 13.0. The SMILES string of the molecule is CCOc1cccc(OC(=O)OC)c1COc1ccc(CC)cc1C(F)F. The zero-order valence-electron chi connectivity index (χ0n) is 15.5. The molecule has 0 amide bonds. The predicted octanol–water partition coefficient (Wildman–Crippen LogP) is 5.31. The Morgan fingerprint density at radius 2 is 1.78 bits per heavy atom. The summed E-state index contributed by atoms with van der Waals surface area (Å²) in [6.45, 7) is 3.95. The summed E-state index contributed by atoms with van der Waals surface area (Å²) in [6, 6.07) is 9.56. The monoisotopic (exact) mass is 380 g/mol. The van der Waals surface area contributed by atoms with Gasteiger partial charge >= 0.3 is 6.16 Å². The molecule has 0 N–H and O–H groups in total. The topological polar surface area (TPSA) is 54.0 Å². The molecule has 146 valence electrons. The first-order valence-electron chi connectivity index (χ1n) is 8.54. The van der Waals surface area contributed by atoms with Crippen molar-refractivity contribution in [2.75, 3.05) is 13.7 Å². The second kappa shape index (κ2) is 9.75. The third kappa shape index (κ3) is 5.32. The van der Waals surface area contributed by atoms with Gasteiger partial charge in [-0.25, -0.2) is 13.6 Å². The number of alkyl halides is 2. The molecule has 0 aromatic heterocycles. The number of methoxy groups -OCH3 is 1. The molecule has 0 aliphatic heterocycles. The minimum atomic E-state index is -2.67. The van der Waals surface area contributed by atoms with E-state index in [0.29, 0.717) is 24.3 Å². The first-order valence-corrected chi connectivity index (χ1v) is 8.54. The lowest BCUT2D eigenvalue weighted by molar-refractivity contribution is 0.120. The molecule has 0 saturated carbocycles. The van der Waals surface area contributed by atoms with E-state index >= 15 is 0 Å². The molecule has 0 saturated heterocycles. The summed E-state index contributed by atoms with van der Waals surface area (Å²) in [5.41, 5.74) is 1.03. The Morgan fingerprint density at radius 1 is 1.04 bits per heavy atom. The van der Waals surface area contributed by atoms with E-state index < -0.39 is 12.6 Å². The minimum absolute atomic E-state index is 0.0671. The minimum Gasteiger partial charge on any atom is -0.493 e. The van der Waals surface area contributed by atoms with Crippen molar-refractivity contribution in [3.05, 3.63) is 53.1 Å². The van der Waals surface area contributed by atoms with Crippen LogP contribution in [0.15, 0.2) is 36.4 Å². The van der Waals surface area contributed by atoms with Crippen molar-refractivity contribution in [3.63, 3.8) is 0 Å². The van der Waals surface area contributed by atoms with Crippen molar-refractivity contribution < 1.29 is 32.5 Å². The van der Waals surface area contributed by atoms with Crippen LogP contribution < -0.4 is 14.2 Å². The van der Waals surface area contributed by atoms with Gasteiger partial charge in [0.15, 0.2) is 0 Å². The molecule has 27 heavy (non-hydrogen) atoms. The molecule has 0 heterocycles. The van der Waals surface area contributed by atoms with Gasteiger partial charge in [-0.1, -0.05) is 19.1 Å². The highest BCUT2D eigenvalue weighted by atomic mass is 19.3. The second-order valence-electron chi connectivity index (χ2n) is 5.54. The van der Waals surface area contributed by atoms with Crippen LogP contribution in [0.25, 0.3) is 0 Å². The molecule has 0 bridgehead atoms. The quantitative estimate of drug-likeness (QED) is 0.459. The number of hydrogen-bond donors (Lipinski definition) is 0. The summed E-state index contributed by atoms with van der Waals surface area (Å²) in [5.74, 6) is 0.678. The standard InChI is InChI=1S/C20H22F2O5/c1-4-13-9-10-17(14(11-13)19(21)22)26-12-15-16(25-5-2)7-6-8-18(15)27-20(23)24-3/h6-11,19H,4-5,12H2,1-3H3. The van der Waals surface area contributed by atoms with Crippen molar-refractivity contribution in [1.29, 1.82) is 0 Å². The van der Waals surface area contributed by atoms with Gasteiger partial charge in [-0.05, 0) is 43.2 Å². The smallest absolute Gasteiger partial charge is 0.493 e. The van der Waals surface area contributed by atoms with Gasteiger partial charge in [0.1, 0.15) is 23.9 Å². The van der Waals surface area contributed by atoms with Gasteiger partial charge in [-0.2, -0.15) is 0 Å². The fourth-order valence-electron chi connectivity index (χ4n) is 2.48. The lowest BCUT2D eigenvalue weighted by Gasteiger charge is -2.17. The number of rotatable bonds is 8. The van der Waals surface area contributed by atoms with Crippen LogP contribution in [0.4, 0.5) is 13.6 Å². The molecular weight excluding hydrogens is 358 g/mol. The van der Waals surface area contributed by atoms with E-state index in [1.807, 2.05) is 6.92 Å². The summed E-state index contributed by atoms with van der Waals surface area (Å²) in [7, 11) is 1.19. The molecule has 0 fully saturated rings. The average molecular weight is 380 g/mol. The molecule has 0 aliphatic carbocycles. The highest BCUT2D eigenvalue weighted by Crippen LogP contribution is 2.34. The number of halogens is 2. The first kappa shape index (κ1) is 20.5. The summed E-state index contributed by atoms with van der Waals surface area (Å²) >= 11 is 0. The third-order valence-corrected chi connectivity index (χ3v) is 3.84. The lowest BCUT2D eigenvalue weighted by Crippen LogP contribution is -2.11. The molecule has 7 heteroatoms. The van der Waals surface area contributed by atoms with Gasteiger partial charge in [0.05, 0.1) is 24.8 Å². The third-order valence-electron chi connectivity index (χ3n) is 3.84. The molecule has 0 unspecified atom stereocenters. The van der Waals surface area contributed by atoms with Crippen molar-refractivity contribution in [2.45, 2.75) is 33.3 Å². The van der Waals surface area contributed by atoms with Crippen LogP contribution in [0.5, 0.6) is 17.2 Å². The number of ether oxygens (including phenoxy) is 4. The molecule has 0 aliphatic rings. The van der Waals surface area contributed by atoms with Crippen molar-refractivity contribution in [2.24, 2.45) is 0 Å². The Hall–Kier alpha value is -2.83. The van der Waals surface area contributed by atoms with E-state index in [9.17, 15) is 13.6 Å². The largest absolute Gasteiger partial charge is 0.513 e. The Labute approximate surface area is 156 Å². The van der Waals surface area contributed by atoms with E-state index in [1.165, 1.54) is 19.2 Å². The molecule has 0 radical (unpaired) electrons. The normalized spacial score (nSPS) is 10.6. The zero-order chi connectivity index (χ0) is 19.8. The van der Waals surface area contributed by atoms with Crippen molar-refractivity contribution >= 4 is 6.16 Å². The summed E-state index contributed by atoms with van der Waals surface area (Å²) in [6.07, 6.45) is -2.92. The van der Waals surface area contributed by atoms with Gasteiger partial charge in [0.25, 0.3) is 6.43 Å². The van der Waals surface area contributed by atoms with Crippen LogP contribution in [0.3, 0.4) is 0 Å². The number of aryl methyl sites for hydroxylation is 1. The maximum Gasteiger partial charge on any atom is 0.513 e. The van der Waals surface area contributed by atoms with Gasteiger partial charge in [-0.3, -0.25) is 0 Å². The molecule has 0 atom stereocenters. The Balaban J connectivity index is 2.32.